The normalized spacial score (nSPS) is 25.9. The van der Waals surface area contributed by atoms with Gasteiger partial charge in [0.05, 0.1) is 19.0 Å². The van der Waals surface area contributed by atoms with Crippen LogP contribution in [0.3, 0.4) is 0 Å². The second kappa shape index (κ2) is 4.69. The van der Waals surface area contributed by atoms with Gasteiger partial charge in [0.1, 0.15) is 24.2 Å². The van der Waals surface area contributed by atoms with Crippen molar-refractivity contribution in [2.45, 2.75) is 6.10 Å². The van der Waals surface area contributed by atoms with Crippen LogP contribution in [0.4, 0.5) is 0 Å². The minimum absolute atomic E-state index is 0.0322. The highest BCUT2D eigenvalue weighted by Crippen LogP contribution is 2.18. The Bertz CT molecular complexity index is 352. The van der Waals surface area contributed by atoms with Crippen LogP contribution in [0.1, 0.15) is 0 Å². The fraction of sp³-hybridized carbons (Fsp3) is 0.455. The van der Waals surface area contributed by atoms with Gasteiger partial charge in [-0.25, -0.2) is 0 Å². The lowest BCUT2D eigenvalue weighted by atomic mass is 9.96. The summed E-state index contributed by atoms with van der Waals surface area (Å²) < 4.78 is 5.32. The third kappa shape index (κ3) is 2.63. The summed E-state index contributed by atoms with van der Waals surface area (Å²) in [5, 5.41) is 29.8. The Labute approximate surface area is 93.5 Å². The molecule has 88 valence electrons. The minimum atomic E-state index is -0.611. The van der Waals surface area contributed by atoms with Crippen molar-refractivity contribution in [3.8, 4) is 11.5 Å². The second-order valence-electron chi connectivity index (χ2n) is 4.08. The average molecular weight is 225 g/mol. The second-order valence-corrected chi connectivity index (χ2v) is 4.08. The fourth-order valence-electron chi connectivity index (χ4n) is 1.69. The monoisotopic (exact) mass is 225 g/mol. The Morgan fingerprint density at radius 1 is 1.50 bits per heavy atom. The third-order valence-electron chi connectivity index (χ3n) is 2.76. The van der Waals surface area contributed by atoms with Gasteiger partial charge in [-0.1, -0.05) is 6.07 Å². The number of aromatic hydroxyl groups is 1. The zero-order chi connectivity index (χ0) is 11.5. The molecule has 0 spiro atoms. The third-order valence-corrected chi connectivity index (χ3v) is 2.76. The molecule has 1 fully saturated rings. The molecule has 1 saturated heterocycles. The van der Waals surface area contributed by atoms with Crippen LogP contribution in [0.15, 0.2) is 24.3 Å². The number of ether oxygens (including phenoxy) is 1. The maximum Gasteiger partial charge on any atom is 0.123 e. The van der Waals surface area contributed by atoms with Crippen molar-refractivity contribution in [3.05, 3.63) is 29.5 Å². The fourth-order valence-corrected chi connectivity index (χ4v) is 1.69. The summed E-state index contributed by atoms with van der Waals surface area (Å²) in [5.74, 6) is 0.681. The van der Waals surface area contributed by atoms with E-state index in [9.17, 15) is 15.4 Å². The lowest BCUT2D eigenvalue weighted by Crippen LogP contribution is -3.16. The minimum Gasteiger partial charge on any atom is -0.634 e. The molecule has 0 saturated carbocycles. The van der Waals surface area contributed by atoms with E-state index in [0.29, 0.717) is 18.8 Å². The number of nitrogens with one attached hydrogen (secondary N) is 1. The van der Waals surface area contributed by atoms with Crippen molar-refractivity contribution in [1.29, 1.82) is 0 Å². The van der Waals surface area contributed by atoms with Gasteiger partial charge in [0.25, 0.3) is 0 Å². The van der Waals surface area contributed by atoms with E-state index in [4.69, 9.17) is 4.74 Å². The van der Waals surface area contributed by atoms with E-state index in [1.54, 1.807) is 18.2 Å². The lowest BCUT2D eigenvalue weighted by molar-refractivity contribution is -0.904. The zero-order valence-electron chi connectivity index (χ0n) is 8.80. The number of quaternary nitrogens is 1. The Morgan fingerprint density at radius 3 is 2.88 bits per heavy atom. The number of hydrogen-bond acceptors (Lipinski definition) is 4. The van der Waals surface area contributed by atoms with E-state index in [1.165, 1.54) is 6.07 Å². The zero-order valence-corrected chi connectivity index (χ0v) is 8.80. The van der Waals surface area contributed by atoms with Gasteiger partial charge < -0.3 is 25.2 Å². The molecular formula is C11H15NO4. The first-order valence-corrected chi connectivity index (χ1v) is 5.27. The van der Waals surface area contributed by atoms with Gasteiger partial charge in [0.15, 0.2) is 0 Å². The molecule has 3 N–H and O–H groups in total. The first-order chi connectivity index (χ1) is 7.65. The van der Waals surface area contributed by atoms with Crippen molar-refractivity contribution >= 4 is 0 Å². The summed E-state index contributed by atoms with van der Waals surface area (Å²) in [4.78, 5) is 0. The summed E-state index contributed by atoms with van der Waals surface area (Å²) >= 11 is 0. The van der Waals surface area contributed by atoms with E-state index in [1.807, 2.05) is 0 Å². The van der Waals surface area contributed by atoms with E-state index >= 15 is 0 Å². The first-order valence-electron chi connectivity index (χ1n) is 5.27. The molecule has 1 aliphatic heterocycles. The molecule has 1 atom stereocenters. The topological polar surface area (TPSA) is 77.2 Å². The van der Waals surface area contributed by atoms with Crippen molar-refractivity contribution in [1.82, 2.24) is 0 Å². The number of phenols is 1. The molecule has 2 rings (SSSR count). The van der Waals surface area contributed by atoms with Crippen LogP contribution >= 0.6 is 0 Å². The number of benzene rings is 1. The van der Waals surface area contributed by atoms with Crippen molar-refractivity contribution < 1.29 is 20.0 Å². The van der Waals surface area contributed by atoms with E-state index in [0.717, 1.165) is 0 Å². The number of aliphatic hydroxyl groups is 1. The smallest absolute Gasteiger partial charge is 0.123 e. The molecule has 0 unspecified atom stereocenters. The highest BCUT2D eigenvalue weighted by atomic mass is 16.5. The highest BCUT2D eigenvalue weighted by Gasteiger charge is 2.32. The van der Waals surface area contributed by atoms with Gasteiger partial charge in [-0.2, -0.15) is 0 Å². The van der Waals surface area contributed by atoms with Crippen LogP contribution in [-0.4, -0.2) is 36.0 Å². The van der Waals surface area contributed by atoms with Crippen LogP contribution in [0.5, 0.6) is 11.5 Å². The Hall–Kier alpha value is -1.30. The molecule has 5 nitrogen and oxygen atoms in total. The van der Waals surface area contributed by atoms with Crippen LogP contribution in [0.25, 0.3) is 0 Å². The SMILES string of the molecule is [O-][NH+]1CC([C@@H](O)COc2cccc(O)c2)C1. The molecular weight excluding hydrogens is 210 g/mol. The Kier molecular flexibility index (Phi) is 3.28. The molecule has 1 aromatic rings. The summed E-state index contributed by atoms with van der Waals surface area (Å²) in [6.07, 6.45) is -0.611. The highest BCUT2D eigenvalue weighted by molar-refractivity contribution is 5.31. The summed E-state index contributed by atoms with van der Waals surface area (Å²) in [7, 11) is 0. The molecule has 0 amide bonds. The van der Waals surface area contributed by atoms with Crippen LogP contribution in [-0.2, 0) is 0 Å². The summed E-state index contributed by atoms with van der Waals surface area (Å²) in [6, 6.07) is 6.41. The predicted molar refractivity (Wildman–Crippen MR) is 57.2 cm³/mol. The van der Waals surface area contributed by atoms with Gasteiger partial charge >= 0.3 is 0 Å². The average Bonchev–Trinajstić information content (AvgIpc) is 2.22. The Balaban J connectivity index is 1.78. The molecule has 1 aliphatic rings. The van der Waals surface area contributed by atoms with Crippen molar-refractivity contribution in [2.75, 3.05) is 19.7 Å². The number of aliphatic hydroxyl groups excluding tert-OH is 1. The molecule has 0 bridgehead atoms. The predicted octanol–water partition coefficient (Wildman–Crippen LogP) is -0.856. The van der Waals surface area contributed by atoms with Gasteiger partial charge in [-0.05, 0) is 12.1 Å². The maximum atomic E-state index is 10.7. The van der Waals surface area contributed by atoms with E-state index in [2.05, 4.69) is 0 Å². The molecule has 0 radical (unpaired) electrons. The van der Waals surface area contributed by atoms with Gasteiger partial charge in [0, 0.05) is 6.07 Å². The maximum absolute atomic E-state index is 10.7. The van der Waals surface area contributed by atoms with Gasteiger partial charge in [-0.15, -0.1) is 0 Å². The Morgan fingerprint density at radius 2 is 2.25 bits per heavy atom. The number of hydrogen-bond donors (Lipinski definition) is 3. The molecule has 5 heteroatoms. The summed E-state index contributed by atoms with van der Waals surface area (Å²) in [5.41, 5.74) is 0. The standard InChI is InChI=1S/C11H15NO4/c13-9-2-1-3-10(4-9)16-7-11(14)8-5-12(15)6-8/h1-4,8,11-14H,5-7H2/t11-/m0/s1. The van der Waals surface area contributed by atoms with E-state index < -0.39 is 6.10 Å². The number of rotatable bonds is 4. The van der Waals surface area contributed by atoms with Crippen LogP contribution in [0, 0.1) is 11.1 Å². The summed E-state index contributed by atoms with van der Waals surface area (Å²) in [6.45, 7) is 1.05. The quantitative estimate of drug-likeness (QED) is 0.583. The van der Waals surface area contributed by atoms with Crippen molar-refractivity contribution in [2.24, 2.45) is 5.92 Å². The molecule has 16 heavy (non-hydrogen) atoms. The molecule has 1 heterocycles. The largest absolute Gasteiger partial charge is 0.634 e. The number of hydroxylamine groups is 2. The molecule has 1 aromatic carbocycles. The van der Waals surface area contributed by atoms with E-state index in [-0.39, 0.29) is 23.3 Å². The first kappa shape index (κ1) is 11.2. The van der Waals surface area contributed by atoms with Crippen molar-refractivity contribution in [3.63, 3.8) is 0 Å². The van der Waals surface area contributed by atoms with Crippen LogP contribution in [0.2, 0.25) is 0 Å². The number of phenolic OH excluding ortho intramolecular Hbond substituents is 1. The molecule has 0 aliphatic carbocycles. The van der Waals surface area contributed by atoms with Gasteiger partial charge in [-0.3, -0.25) is 0 Å². The van der Waals surface area contributed by atoms with Crippen LogP contribution < -0.4 is 9.80 Å². The molecule has 0 aromatic heterocycles. The lowest BCUT2D eigenvalue weighted by Gasteiger charge is -2.40. The van der Waals surface area contributed by atoms with Gasteiger partial charge in [0.2, 0.25) is 0 Å².